The van der Waals surface area contributed by atoms with Gasteiger partial charge in [-0.3, -0.25) is 14.9 Å². The molecule has 0 aliphatic carbocycles. The molecule has 0 saturated heterocycles. The van der Waals surface area contributed by atoms with Gasteiger partial charge in [0.25, 0.3) is 11.6 Å². The lowest BCUT2D eigenvalue weighted by Crippen LogP contribution is -2.14. The molecule has 0 bridgehead atoms. The van der Waals surface area contributed by atoms with E-state index in [1.54, 1.807) is 0 Å². The van der Waals surface area contributed by atoms with Crippen LogP contribution in [0.15, 0.2) is 24.5 Å². The van der Waals surface area contributed by atoms with Gasteiger partial charge in [0, 0.05) is 26.4 Å². The van der Waals surface area contributed by atoms with Crippen LogP contribution in [0.3, 0.4) is 0 Å². The van der Waals surface area contributed by atoms with Gasteiger partial charge in [0.15, 0.2) is 0 Å². The summed E-state index contributed by atoms with van der Waals surface area (Å²) in [7, 11) is 3.04. The van der Waals surface area contributed by atoms with E-state index in [2.05, 4.69) is 5.32 Å². The van der Waals surface area contributed by atoms with Crippen molar-refractivity contribution in [3.8, 4) is 0 Å². The number of carboxylic acid groups (broad SMARTS) is 1. The van der Waals surface area contributed by atoms with Crippen LogP contribution < -0.4 is 5.32 Å². The minimum atomic E-state index is -1.12. The highest BCUT2D eigenvalue weighted by atomic mass is 16.6. The number of amides is 1. The fourth-order valence-electron chi connectivity index (χ4n) is 1.91. The number of aryl methyl sites for hydroxylation is 2. The number of rotatable bonds is 4. The van der Waals surface area contributed by atoms with Crippen molar-refractivity contribution in [2.75, 3.05) is 5.32 Å². The minimum absolute atomic E-state index is 0.0168. The second kappa shape index (κ2) is 5.12. The summed E-state index contributed by atoms with van der Waals surface area (Å²) < 4.78 is 2.68. The third-order valence-electron chi connectivity index (χ3n) is 2.92. The third-order valence-corrected chi connectivity index (χ3v) is 2.92. The molecule has 0 radical (unpaired) electrons. The SMILES string of the molecule is Cn1cc(NC(=O)c2cc([N+](=O)[O-])cn2C)cc1C(=O)O. The van der Waals surface area contributed by atoms with E-state index >= 15 is 0 Å². The average molecular weight is 292 g/mol. The zero-order valence-corrected chi connectivity index (χ0v) is 11.2. The van der Waals surface area contributed by atoms with Crippen molar-refractivity contribution in [2.24, 2.45) is 14.1 Å². The smallest absolute Gasteiger partial charge is 0.352 e. The van der Waals surface area contributed by atoms with Gasteiger partial charge in [0.2, 0.25) is 0 Å². The van der Waals surface area contributed by atoms with Crippen molar-refractivity contribution < 1.29 is 19.6 Å². The van der Waals surface area contributed by atoms with Crippen LogP contribution >= 0.6 is 0 Å². The fraction of sp³-hybridized carbons (Fsp3) is 0.167. The van der Waals surface area contributed by atoms with Crippen LogP contribution in [-0.2, 0) is 14.1 Å². The largest absolute Gasteiger partial charge is 0.477 e. The Bertz CT molecular complexity index is 743. The molecule has 0 unspecified atom stereocenters. The van der Waals surface area contributed by atoms with Crippen LogP contribution in [0.1, 0.15) is 21.0 Å². The molecule has 0 fully saturated rings. The Morgan fingerprint density at radius 1 is 1.19 bits per heavy atom. The lowest BCUT2D eigenvalue weighted by atomic mass is 10.3. The number of anilines is 1. The van der Waals surface area contributed by atoms with E-state index in [0.717, 1.165) is 6.07 Å². The van der Waals surface area contributed by atoms with Crippen LogP contribution in [0.5, 0.6) is 0 Å². The van der Waals surface area contributed by atoms with Gasteiger partial charge in [-0.15, -0.1) is 0 Å². The first-order valence-corrected chi connectivity index (χ1v) is 5.81. The Hall–Kier alpha value is -3.10. The number of nitro groups is 1. The van der Waals surface area contributed by atoms with Gasteiger partial charge in [-0.1, -0.05) is 0 Å². The molecule has 0 saturated carbocycles. The molecule has 2 N–H and O–H groups in total. The summed E-state index contributed by atoms with van der Waals surface area (Å²) in [5.41, 5.74) is 0.219. The Labute approximate surface area is 118 Å². The molecular formula is C12H12N4O5. The average Bonchev–Trinajstić information content (AvgIpc) is 2.92. The predicted octanol–water partition coefficient (Wildman–Crippen LogP) is 1.22. The van der Waals surface area contributed by atoms with E-state index in [0.29, 0.717) is 5.69 Å². The second-order valence-electron chi connectivity index (χ2n) is 4.44. The quantitative estimate of drug-likeness (QED) is 0.648. The summed E-state index contributed by atoms with van der Waals surface area (Å²) in [4.78, 5) is 33.0. The third kappa shape index (κ3) is 2.76. The maximum absolute atomic E-state index is 12.1. The van der Waals surface area contributed by atoms with E-state index < -0.39 is 16.8 Å². The first-order valence-electron chi connectivity index (χ1n) is 5.81. The molecule has 110 valence electrons. The van der Waals surface area contributed by atoms with E-state index in [1.807, 2.05) is 0 Å². The van der Waals surface area contributed by atoms with Crippen molar-refractivity contribution in [2.45, 2.75) is 0 Å². The zero-order valence-electron chi connectivity index (χ0n) is 11.2. The van der Waals surface area contributed by atoms with Crippen LogP contribution in [0, 0.1) is 10.1 Å². The van der Waals surface area contributed by atoms with Crippen molar-refractivity contribution >= 4 is 23.3 Å². The van der Waals surface area contributed by atoms with Gasteiger partial charge < -0.3 is 19.6 Å². The summed E-state index contributed by atoms with van der Waals surface area (Å²) in [5.74, 6) is -1.68. The molecule has 1 amide bonds. The molecule has 0 atom stereocenters. The molecule has 0 spiro atoms. The molecule has 9 nitrogen and oxygen atoms in total. The Morgan fingerprint density at radius 2 is 1.81 bits per heavy atom. The molecule has 9 heteroatoms. The Balaban J connectivity index is 2.24. The summed E-state index contributed by atoms with van der Waals surface area (Å²) >= 11 is 0. The number of hydrogen-bond donors (Lipinski definition) is 2. The monoisotopic (exact) mass is 292 g/mol. The molecule has 2 rings (SSSR count). The number of carboxylic acids is 1. The molecule has 2 aromatic heterocycles. The second-order valence-corrected chi connectivity index (χ2v) is 4.44. The minimum Gasteiger partial charge on any atom is -0.477 e. The number of aromatic nitrogens is 2. The number of carbonyl (C=O) groups excluding carboxylic acids is 1. The van der Waals surface area contributed by atoms with Crippen LogP contribution in [0.2, 0.25) is 0 Å². The number of nitrogens with one attached hydrogen (secondary N) is 1. The molecule has 2 aromatic rings. The van der Waals surface area contributed by atoms with Gasteiger partial charge in [-0.25, -0.2) is 4.79 Å². The highest BCUT2D eigenvalue weighted by Gasteiger charge is 2.19. The van der Waals surface area contributed by atoms with Gasteiger partial charge in [-0.2, -0.15) is 0 Å². The maximum atomic E-state index is 12.1. The highest BCUT2D eigenvalue weighted by Crippen LogP contribution is 2.18. The van der Waals surface area contributed by atoms with Crippen LogP contribution in [-0.4, -0.2) is 31.0 Å². The number of aromatic carboxylic acids is 1. The number of nitrogens with zero attached hydrogens (tertiary/aromatic N) is 3. The highest BCUT2D eigenvalue weighted by molar-refractivity contribution is 6.04. The van der Waals surface area contributed by atoms with Crippen molar-refractivity contribution in [1.29, 1.82) is 0 Å². The van der Waals surface area contributed by atoms with E-state index in [1.165, 1.54) is 41.7 Å². The standard InChI is InChI=1S/C12H12N4O5/c1-14-5-7(3-10(14)12(18)19)13-11(17)9-4-8(16(20)21)6-15(9)2/h3-6H,1-2H3,(H,13,17)(H,18,19). The first-order chi connectivity index (χ1) is 9.79. The summed E-state index contributed by atoms with van der Waals surface area (Å²) in [6.07, 6.45) is 2.67. The molecule has 2 heterocycles. The number of hydrogen-bond acceptors (Lipinski definition) is 4. The summed E-state index contributed by atoms with van der Waals surface area (Å²) in [5, 5.41) is 22.1. The summed E-state index contributed by atoms with van der Waals surface area (Å²) in [6, 6.07) is 2.45. The van der Waals surface area contributed by atoms with Crippen LogP contribution in [0.25, 0.3) is 0 Å². The van der Waals surface area contributed by atoms with Crippen molar-refractivity contribution in [3.05, 3.63) is 46.0 Å². The van der Waals surface area contributed by atoms with E-state index in [9.17, 15) is 19.7 Å². The number of carbonyl (C=O) groups is 2. The molecule has 21 heavy (non-hydrogen) atoms. The molecular weight excluding hydrogens is 280 g/mol. The van der Waals surface area contributed by atoms with Crippen molar-refractivity contribution in [1.82, 2.24) is 9.13 Å². The topological polar surface area (TPSA) is 119 Å². The zero-order chi connectivity index (χ0) is 15.7. The Kier molecular flexibility index (Phi) is 3.49. The van der Waals surface area contributed by atoms with Gasteiger partial charge >= 0.3 is 5.97 Å². The van der Waals surface area contributed by atoms with E-state index in [4.69, 9.17) is 5.11 Å². The van der Waals surface area contributed by atoms with Crippen molar-refractivity contribution in [3.63, 3.8) is 0 Å². The van der Waals surface area contributed by atoms with Gasteiger partial charge in [0.05, 0.1) is 16.8 Å². The fourth-order valence-corrected chi connectivity index (χ4v) is 1.91. The van der Waals surface area contributed by atoms with Gasteiger partial charge in [-0.05, 0) is 6.07 Å². The molecule has 0 aliphatic rings. The predicted molar refractivity (Wildman–Crippen MR) is 72.4 cm³/mol. The van der Waals surface area contributed by atoms with Crippen LogP contribution in [0.4, 0.5) is 11.4 Å². The van der Waals surface area contributed by atoms with Gasteiger partial charge in [0.1, 0.15) is 11.4 Å². The summed E-state index contributed by atoms with van der Waals surface area (Å²) in [6.45, 7) is 0. The van der Waals surface area contributed by atoms with E-state index in [-0.39, 0.29) is 17.1 Å². The molecule has 0 aliphatic heterocycles. The lowest BCUT2D eigenvalue weighted by molar-refractivity contribution is -0.384. The normalized spacial score (nSPS) is 10.4. The first kappa shape index (κ1) is 14.3. The molecule has 0 aromatic carbocycles. The Morgan fingerprint density at radius 3 is 2.29 bits per heavy atom. The maximum Gasteiger partial charge on any atom is 0.352 e. The lowest BCUT2D eigenvalue weighted by Gasteiger charge is -2.02.